The van der Waals surface area contributed by atoms with Gasteiger partial charge in [0.2, 0.25) is 15.5 Å². The van der Waals surface area contributed by atoms with Gasteiger partial charge in [0, 0.05) is 30.7 Å². The van der Waals surface area contributed by atoms with Crippen LogP contribution < -0.4 is 4.90 Å². The topological polar surface area (TPSA) is 150 Å². The summed E-state index contributed by atoms with van der Waals surface area (Å²) < 4.78 is 35.6. The molecule has 0 aliphatic heterocycles. The number of benzene rings is 1. The smallest absolute Gasteiger partial charge is 0.726 e. The lowest BCUT2D eigenvalue weighted by molar-refractivity contribution is -0.384. The number of hydrogen-bond acceptors (Lipinski definition) is 11. The van der Waals surface area contributed by atoms with Crippen LogP contribution in [-0.2, 0) is 14.6 Å². The minimum absolute atomic E-state index is 0. The van der Waals surface area contributed by atoms with Crippen LogP contribution >= 0.6 is 11.3 Å². The molecule has 26 heavy (non-hydrogen) atoms. The second-order valence-corrected chi connectivity index (χ2v) is 6.68. The first-order chi connectivity index (χ1) is 12.3. The molecule has 0 aliphatic carbocycles. The summed E-state index contributed by atoms with van der Waals surface area (Å²) in [6.07, 6.45) is 1.56. The fraction of sp³-hybridized carbons (Fsp3) is 0.308. The first-order valence-corrected chi connectivity index (χ1v) is 9.46. The first kappa shape index (κ1) is 19.8. The number of rotatable bonds is 9. The Morgan fingerprint density at radius 1 is 1.42 bits per heavy atom. The molecule has 0 atom stereocenters. The van der Waals surface area contributed by atoms with Crippen molar-refractivity contribution in [2.45, 2.75) is 6.92 Å². The van der Waals surface area contributed by atoms with Crippen molar-refractivity contribution in [1.82, 2.24) is 4.98 Å². The third-order valence-electron chi connectivity index (χ3n) is 3.14. The molecule has 0 saturated carbocycles. The second-order valence-electron chi connectivity index (χ2n) is 4.75. The zero-order valence-corrected chi connectivity index (χ0v) is 15.1. The van der Waals surface area contributed by atoms with Crippen LogP contribution in [0.5, 0.6) is 0 Å². The average Bonchev–Trinajstić information content (AvgIpc) is 3.09. The monoisotopic (exact) mass is 401 g/mol. The maximum Gasteiger partial charge on any atom is 1.00 e. The number of nitro benzene ring substituents is 1. The molecule has 1 aromatic heterocycles. The minimum atomic E-state index is -4.82. The number of nitrogens with zero attached hydrogens (tertiary/aromatic N) is 5. The van der Waals surface area contributed by atoms with Crippen LogP contribution in [0.4, 0.5) is 22.2 Å². The van der Waals surface area contributed by atoms with Crippen molar-refractivity contribution in [1.29, 1.82) is 0 Å². The molecule has 0 amide bonds. The summed E-state index contributed by atoms with van der Waals surface area (Å²) in [6, 6.07) is 4.26. The Balaban J connectivity index is 0.00000364. The van der Waals surface area contributed by atoms with Crippen LogP contribution in [0, 0.1) is 10.1 Å². The molecule has 2 aromatic rings. The molecule has 0 radical (unpaired) electrons. The number of thiazole rings is 1. The van der Waals surface area contributed by atoms with E-state index in [1.807, 2.05) is 0 Å². The van der Waals surface area contributed by atoms with Crippen LogP contribution in [-0.4, -0.2) is 42.6 Å². The van der Waals surface area contributed by atoms with Gasteiger partial charge in [-0.15, -0.1) is 21.6 Å². The molecule has 1 aromatic carbocycles. The molecular formula is C13H15N5O6S2. The Labute approximate surface area is 154 Å². The lowest BCUT2D eigenvalue weighted by atomic mass is 10.2. The molecule has 0 unspecified atom stereocenters. The maximum atomic E-state index is 11.4. The second kappa shape index (κ2) is 8.75. The number of aromatic nitrogens is 1. The SMILES string of the molecule is CCN(CCOS(=O)(=O)[O-])c1ccc(N=Nc2nccs2)cc1[N+](=O)[O-].[H+]. The highest BCUT2D eigenvalue weighted by atomic mass is 32.3. The standard InChI is InChI=1S/C13H15N5O6S2/c1-2-17(6-7-24-26(21,22)23)11-4-3-10(9-12(11)18(19)20)15-16-13-14-5-8-25-13/h3-5,8-9H,2,6-7H2,1H3,(H,21,22,23). The van der Waals surface area contributed by atoms with Gasteiger partial charge in [-0.3, -0.25) is 14.3 Å². The van der Waals surface area contributed by atoms with Gasteiger partial charge >= 0.3 is 1.43 Å². The van der Waals surface area contributed by atoms with Gasteiger partial charge in [0.15, 0.2) is 0 Å². The van der Waals surface area contributed by atoms with Crippen LogP contribution in [0.25, 0.3) is 0 Å². The van der Waals surface area contributed by atoms with E-state index in [1.54, 1.807) is 18.5 Å². The van der Waals surface area contributed by atoms with Crippen molar-refractivity contribution in [2.75, 3.05) is 24.6 Å². The van der Waals surface area contributed by atoms with E-state index in [2.05, 4.69) is 19.4 Å². The van der Waals surface area contributed by atoms with Crippen molar-refractivity contribution < 1.29 is 23.5 Å². The fourth-order valence-electron chi connectivity index (χ4n) is 2.05. The largest absolute Gasteiger partial charge is 1.00 e. The van der Waals surface area contributed by atoms with Crippen molar-refractivity contribution in [2.24, 2.45) is 10.2 Å². The Kier molecular flexibility index (Phi) is 6.68. The van der Waals surface area contributed by atoms with Crippen molar-refractivity contribution in [3.63, 3.8) is 0 Å². The Morgan fingerprint density at radius 2 is 2.19 bits per heavy atom. The molecule has 0 N–H and O–H groups in total. The van der Waals surface area contributed by atoms with Gasteiger partial charge in [0.25, 0.3) is 5.69 Å². The molecule has 13 heteroatoms. The van der Waals surface area contributed by atoms with E-state index in [4.69, 9.17) is 0 Å². The summed E-state index contributed by atoms with van der Waals surface area (Å²) in [7, 11) is -4.82. The summed E-state index contributed by atoms with van der Waals surface area (Å²) in [4.78, 5) is 16.2. The molecule has 0 bridgehead atoms. The van der Waals surface area contributed by atoms with E-state index in [0.717, 1.165) is 0 Å². The number of likely N-dealkylation sites (N-methyl/N-ethyl adjacent to an activating group) is 1. The van der Waals surface area contributed by atoms with E-state index in [0.29, 0.717) is 11.7 Å². The molecule has 140 valence electrons. The molecule has 0 spiro atoms. The number of anilines is 1. The van der Waals surface area contributed by atoms with Gasteiger partial charge in [-0.2, -0.15) is 0 Å². The summed E-state index contributed by atoms with van der Waals surface area (Å²) in [5.74, 6) is 0. The predicted molar refractivity (Wildman–Crippen MR) is 94.0 cm³/mol. The zero-order valence-electron chi connectivity index (χ0n) is 14.5. The Morgan fingerprint density at radius 3 is 2.77 bits per heavy atom. The number of hydrogen-bond donors (Lipinski definition) is 0. The Bertz CT molecular complexity index is 891. The van der Waals surface area contributed by atoms with E-state index in [-0.39, 0.29) is 25.0 Å². The lowest BCUT2D eigenvalue weighted by Gasteiger charge is -2.23. The summed E-state index contributed by atoms with van der Waals surface area (Å²) in [5.41, 5.74) is 0.287. The van der Waals surface area contributed by atoms with Crippen molar-refractivity contribution in [3.05, 3.63) is 39.9 Å². The van der Waals surface area contributed by atoms with E-state index in [9.17, 15) is 23.1 Å². The van der Waals surface area contributed by atoms with Crippen molar-refractivity contribution in [3.8, 4) is 0 Å². The third kappa shape index (κ3) is 5.80. The average molecular weight is 401 g/mol. The van der Waals surface area contributed by atoms with E-state index < -0.39 is 21.9 Å². The van der Waals surface area contributed by atoms with E-state index >= 15 is 0 Å². The van der Waals surface area contributed by atoms with Crippen LogP contribution in [0.3, 0.4) is 0 Å². The number of nitro groups is 1. The molecule has 11 nitrogen and oxygen atoms in total. The van der Waals surface area contributed by atoms with Crippen molar-refractivity contribution >= 4 is 43.9 Å². The molecular weight excluding hydrogens is 386 g/mol. The first-order valence-electron chi connectivity index (χ1n) is 7.25. The molecule has 0 fully saturated rings. The summed E-state index contributed by atoms with van der Waals surface area (Å²) >= 11 is 1.27. The minimum Gasteiger partial charge on any atom is -0.726 e. The number of azo groups is 1. The summed E-state index contributed by atoms with van der Waals surface area (Å²) in [5, 5.41) is 21.3. The van der Waals surface area contributed by atoms with Crippen LogP contribution in [0.2, 0.25) is 0 Å². The molecule has 0 aliphatic rings. The van der Waals surface area contributed by atoms with Crippen LogP contribution in [0.1, 0.15) is 8.35 Å². The van der Waals surface area contributed by atoms with Gasteiger partial charge in [0.1, 0.15) is 5.69 Å². The van der Waals surface area contributed by atoms with Gasteiger partial charge in [-0.1, -0.05) is 0 Å². The van der Waals surface area contributed by atoms with Gasteiger partial charge < -0.3 is 9.45 Å². The highest BCUT2D eigenvalue weighted by Crippen LogP contribution is 2.33. The highest BCUT2D eigenvalue weighted by molar-refractivity contribution is 7.80. The quantitative estimate of drug-likeness (QED) is 0.204. The van der Waals surface area contributed by atoms with Crippen LogP contribution in [0.15, 0.2) is 40.0 Å². The lowest BCUT2D eigenvalue weighted by Crippen LogP contribution is -2.28. The zero-order chi connectivity index (χ0) is 19.2. The van der Waals surface area contributed by atoms with E-state index in [1.165, 1.54) is 34.4 Å². The molecule has 1 heterocycles. The molecule has 2 rings (SSSR count). The third-order valence-corrected chi connectivity index (χ3v) is 4.25. The van der Waals surface area contributed by atoms with Gasteiger partial charge in [-0.05, 0) is 19.1 Å². The summed E-state index contributed by atoms with van der Waals surface area (Å²) in [6.45, 7) is 1.63. The maximum absolute atomic E-state index is 11.4. The fourth-order valence-corrected chi connectivity index (χ4v) is 2.78. The highest BCUT2D eigenvalue weighted by Gasteiger charge is 2.19. The van der Waals surface area contributed by atoms with Gasteiger partial charge in [0.05, 0.1) is 17.2 Å². The molecule has 0 saturated heterocycles. The van der Waals surface area contributed by atoms with Gasteiger partial charge in [-0.25, -0.2) is 13.4 Å². The Hall–Kier alpha value is -2.48. The predicted octanol–water partition coefficient (Wildman–Crippen LogP) is 2.88. The normalized spacial score (nSPS) is 11.8.